The summed E-state index contributed by atoms with van der Waals surface area (Å²) in [5.41, 5.74) is 5.99. The second-order valence-corrected chi connectivity index (χ2v) is 17.9. The zero-order valence-corrected chi connectivity index (χ0v) is 37.5. The van der Waals surface area contributed by atoms with E-state index in [2.05, 4.69) is 66.2 Å². The SMILES string of the molecule is CN(C)CCn1c(=O)oc2cc(N3CCN(C(=O)NCCCCc4ccccc4)C(C(C)(C)C)C3)ccc21.CN(C)CCn1c(=O)oc2cc(N3CCN(C(=O)O)CC3)ccc21. The normalized spacial score (nSPS) is 16.0. The molecule has 2 N–H and O–H groups in total. The van der Waals surface area contributed by atoms with Gasteiger partial charge in [0.05, 0.1) is 17.1 Å². The van der Waals surface area contributed by atoms with Crippen LogP contribution in [0.1, 0.15) is 39.2 Å². The Labute approximate surface area is 363 Å². The molecule has 16 heteroatoms. The Morgan fingerprint density at radius 1 is 0.726 bits per heavy atom. The molecule has 336 valence electrons. The Kier molecular flexibility index (Phi) is 15.1. The van der Waals surface area contributed by atoms with Gasteiger partial charge in [0.15, 0.2) is 11.2 Å². The van der Waals surface area contributed by atoms with Gasteiger partial charge in [0.2, 0.25) is 0 Å². The Morgan fingerprint density at radius 2 is 1.26 bits per heavy atom. The van der Waals surface area contributed by atoms with E-state index in [1.807, 2.05) is 79.3 Å². The molecular weight excluding hydrogens is 791 g/mol. The number of hydrogen-bond donors (Lipinski definition) is 2. The molecule has 0 aliphatic carbocycles. The molecule has 2 aliphatic rings. The molecule has 2 aliphatic heterocycles. The van der Waals surface area contributed by atoms with Crippen molar-refractivity contribution < 1.29 is 23.5 Å². The number of likely N-dealkylation sites (N-methyl/N-ethyl adjacent to an activating group) is 2. The van der Waals surface area contributed by atoms with Crippen LogP contribution in [-0.4, -0.2) is 146 Å². The van der Waals surface area contributed by atoms with E-state index in [9.17, 15) is 19.2 Å². The lowest BCUT2D eigenvalue weighted by Crippen LogP contribution is -2.61. The van der Waals surface area contributed by atoms with Gasteiger partial charge in [-0.05, 0) is 82.7 Å². The van der Waals surface area contributed by atoms with Crippen molar-refractivity contribution >= 4 is 45.7 Å². The van der Waals surface area contributed by atoms with Gasteiger partial charge in [0, 0.05) is 102 Å². The van der Waals surface area contributed by atoms with E-state index in [0.29, 0.717) is 63.5 Å². The van der Waals surface area contributed by atoms with Gasteiger partial charge >= 0.3 is 23.6 Å². The number of oxazole rings is 2. The van der Waals surface area contributed by atoms with Crippen molar-refractivity contribution in [3.63, 3.8) is 0 Å². The van der Waals surface area contributed by atoms with Gasteiger partial charge in [-0.3, -0.25) is 9.13 Å². The Balaban J connectivity index is 0.000000229. The van der Waals surface area contributed by atoms with Crippen LogP contribution in [0.2, 0.25) is 0 Å². The largest absolute Gasteiger partial charge is 0.465 e. The van der Waals surface area contributed by atoms with Crippen molar-refractivity contribution in [1.82, 2.24) is 34.1 Å². The molecule has 0 radical (unpaired) electrons. The number of carboxylic acid groups (broad SMARTS) is 1. The predicted molar refractivity (Wildman–Crippen MR) is 245 cm³/mol. The Hall–Kier alpha value is -5.74. The summed E-state index contributed by atoms with van der Waals surface area (Å²) in [6.45, 7) is 14.2. The van der Waals surface area contributed by atoms with Gasteiger partial charge in [0.25, 0.3) is 0 Å². The summed E-state index contributed by atoms with van der Waals surface area (Å²) in [4.78, 5) is 60.6. The fourth-order valence-corrected chi connectivity index (χ4v) is 8.08. The molecule has 1 unspecified atom stereocenters. The molecule has 62 heavy (non-hydrogen) atoms. The van der Waals surface area contributed by atoms with Gasteiger partial charge in [-0.15, -0.1) is 0 Å². The molecule has 2 fully saturated rings. The van der Waals surface area contributed by atoms with Crippen LogP contribution in [0.4, 0.5) is 21.0 Å². The summed E-state index contributed by atoms with van der Waals surface area (Å²) >= 11 is 0. The minimum absolute atomic E-state index is 0.0173. The monoisotopic (exact) mass is 856 g/mol. The molecule has 0 spiro atoms. The highest BCUT2D eigenvalue weighted by Crippen LogP contribution is 2.31. The number of urea groups is 1. The zero-order chi connectivity index (χ0) is 44.6. The molecule has 2 saturated heterocycles. The molecule has 3 amide bonds. The second kappa shape index (κ2) is 20.4. The van der Waals surface area contributed by atoms with Crippen molar-refractivity contribution in [2.75, 3.05) is 103 Å². The second-order valence-electron chi connectivity index (χ2n) is 17.9. The first-order chi connectivity index (χ1) is 29.6. The first kappa shape index (κ1) is 45.8. The highest BCUT2D eigenvalue weighted by atomic mass is 16.4. The van der Waals surface area contributed by atoms with E-state index in [0.717, 1.165) is 67.8 Å². The number of fused-ring (bicyclic) bond motifs is 2. The van der Waals surface area contributed by atoms with Crippen molar-refractivity contribution in [2.24, 2.45) is 5.41 Å². The minimum Gasteiger partial charge on any atom is -0.465 e. The number of nitrogens with zero attached hydrogens (tertiary/aromatic N) is 8. The van der Waals surface area contributed by atoms with Crippen molar-refractivity contribution in [2.45, 2.75) is 59.2 Å². The number of aryl methyl sites for hydroxylation is 1. The van der Waals surface area contributed by atoms with Crippen LogP contribution in [0.25, 0.3) is 22.2 Å². The molecule has 3 aromatic carbocycles. The molecule has 16 nitrogen and oxygen atoms in total. The number of nitrogens with one attached hydrogen (secondary N) is 1. The summed E-state index contributed by atoms with van der Waals surface area (Å²) in [5, 5.41) is 12.2. The number of carbonyl (C=O) groups is 2. The summed E-state index contributed by atoms with van der Waals surface area (Å²) in [5.74, 6) is -0.670. The van der Waals surface area contributed by atoms with Crippen LogP contribution in [0.3, 0.4) is 0 Å². The maximum absolute atomic E-state index is 13.2. The predicted octanol–water partition coefficient (Wildman–Crippen LogP) is 5.38. The smallest absolute Gasteiger partial charge is 0.419 e. The van der Waals surface area contributed by atoms with Crippen molar-refractivity contribution in [3.05, 3.63) is 93.4 Å². The van der Waals surface area contributed by atoms with Crippen molar-refractivity contribution in [3.8, 4) is 0 Å². The van der Waals surface area contributed by atoms with E-state index in [1.165, 1.54) is 10.5 Å². The van der Waals surface area contributed by atoms with Gasteiger partial charge in [0.1, 0.15) is 0 Å². The molecule has 1 atom stereocenters. The van der Waals surface area contributed by atoms with E-state index >= 15 is 0 Å². The lowest BCUT2D eigenvalue weighted by Gasteiger charge is -2.47. The summed E-state index contributed by atoms with van der Waals surface area (Å²) in [6, 6.07) is 22.3. The van der Waals surface area contributed by atoms with Crippen LogP contribution >= 0.6 is 0 Å². The average Bonchev–Trinajstić information content (AvgIpc) is 3.74. The molecule has 0 bridgehead atoms. The molecule has 5 aromatic rings. The average molecular weight is 856 g/mol. The van der Waals surface area contributed by atoms with Gasteiger partial charge < -0.3 is 48.7 Å². The number of hydrogen-bond acceptors (Lipinski definition) is 10. The number of piperazine rings is 2. The Bertz CT molecular complexity index is 2370. The van der Waals surface area contributed by atoms with Crippen LogP contribution in [0, 0.1) is 5.41 Å². The summed E-state index contributed by atoms with van der Waals surface area (Å²) < 4.78 is 14.3. The summed E-state index contributed by atoms with van der Waals surface area (Å²) in [7, 11) is 7.90. The van der Waals surface area contributed by atoms with Gasteiger partial charge in [-0.2, -0.15) is 0 Å². The topological polar surface area (TPSA) is 156 Å². The first-order valence-electron chi connectivity index (χ1n) is 21.7. The van der Waals surface area contributed by atoms with Gasteiger partial charge in [-0.25, -0.2) is 19.2 Å². The lowest BCUT2D eigenvalue weighted by atomic mass is 9.84. The van der Waals surface area contributed by atoms with Crippen LogP contribution in [0.5, 0.6) is 0 Å². The van der Waals surface area contributed by atoms with E-state index in [4.69, 9.17) is 13.9 Å². The molecule has 4 heterocycles. The fourth-order valence-electron chi connectivity index (χ4n) is 8.08. The standard InChI is InChI=1S/C30H43N5O3.C16H22N4O4/c1-30(2,3)27-22-33(24-14-15-25-26(21-24)38-29(37)34(25)19-17-32(4)5)18-20-35(27)28(36)31-16-10-9-13-23-11-7-6-8-12-23;1-17(2)5-10-20-13-4-3-12(11-14(13)24-16(20)23)18-6-8-19(9-7-18)15(21)22/h6-8,11-12,14-15,21,27H,9-10,13,16-20,22H2,1-5H3,(H,31,36);3-4,11H,5-10H2,1-2H3,(H,21,22). The van der Waals surface area contributed by atoms with E-state index in [1.54, 1.807) is 9.13 Å². The van der Waals surface area contributed by atoms with Crippen LogP contribution < -0.4 is 26.6 Å². The number of rotatable bonds is 13. The number of unbranched alkanes of at least 4 members (excludes halogenated alkanes) is 1. The van der Waals surface area contributed by atoms with E-state index < -0.39 is 6.09 Å². The Morgan fingerprint density at radius 3 is 1.77 bits per heavy atom. The van der Waals surface area contributed by atoms with Crippen molar-refractivity contribution in [1.29, 1.82) is 0 Å². The van der Waals surface area contributed by atoms with Gasteiger partial charge in [-0.1, -0.05) is 51.1 Å². The number of benzene rings is 3. The first-order valence-corrected chi connectivity index (χ1v) is 21.7. The number of anilines is 2. The number of amides is 3. The maximum Gasteiger partial charge on any atom is 0.419 e. The molecular formula is C46H65N9O7. The lowest BCUT2D eigenvalue weighted by molar-refractivity contribution is 0.107. The third kappa shape index (κ3) is 11.6. The van der Waals surface area contributed by atoms with Crippen LogP contribution in [-0.2, 0) is 19.5 Å². The molecule has 2 aromatic heterocycles. The number of carbonyl (C=O) groups excluding carboxylic acids is 1. The summed E-state index contributed by atoms with van der Waals surface area (Å²) in [6.07, 6.45) is 2.16. The third-order valence-corrected chi connectivity index (χ3v) is 11.8. The third-order valence-electron chi connectivity index (χ3n) is 11.8. The van der Waals surface area contributed by atoms with Crippen LogP contribution in [0.15, 0.2) is 85.2 Å². The molecule has 7 rings (SSSR count). The molecule has 0 saturated carbocycles. The minimum atomic E-state index is -0.880. The number of aromatic nitrogens is 2. The highest BCUT2D eigenvalue weighted by Gasteiger charge is 2.38. The quantitative estimate of drug-likeness (QED) is 0.147. The maximum atomic E-state index is 13.2. The zero-order valence-electron chi connectivity index (χ0n) is 37.5. The van der Waals surface area contributed by atoms with E-state index in [-0.39, 0.29) is 29.0 Å². The highest BCUT2D eigenvalue weighted by molar-refractivity contribution is 5.79. The fraction of sp³-hybridized carbons (Fsp3) is 0.522.